The van der Waals surface area contributed by atoms with Gasteiger partial charge in [0.2, 0.25) is 5.89 Å². The van der Waals surface area contributed by atoms with Gasteiger partial charge in [0.05, 0.1) is 11.4 Å². The van der Waals surface area contributed by atoms with Gasteiger partial charge >= 0.3 is 0 Å². The maximum Gasteiger partial charge on any atom is 0.229 e. The van der Waals surface area contributed by atoms with Crippen molar-refractivity contribution in [1.82, 2.24) is 10.1 Å². The zero-order valence-corrected chi connectivity index (χ0v) is 11.9. The molecule has 1 saturated heterocycles. The van der Waals surface area contributed by atoms with Crippen LogP contribution in [0.3, 0.4) is 0 Å². The maximum absolute atomic E-state index is 9.51. The molecular formula is C12H18N2O2S2. The zero-order valence-electron chi connectivity index (χ0n) is 10.2. The van der Waals surface area contributed by atoms with Crippen molar-refractivity contribution in [2.75, 3.05) is 17.3 Å². The summed E-state index contributed by atoms with van der Waals surface area (Å²) >= 11 is 3.90. The lowest BCUT2D eigenvalue weighted by atomic mass is 9.87. The zero-order chi connectivity index (χ0) is 12.4. The Bertz CT molecular complexity index is 385. The molecule has 1 saturated carbocycles. The lowest BCUT2D eigenvalue weighted by Gasteiger charge is -2.22. The van der Waals surface area contributed by atoms with E-state index in [4.69, 9.17) is 4.52 Å². The Labute approximate surface area is 115 Å². The van der Waals surface area contributed by atoms with E-state index in [1.54, 1.807) is 0 Å². The summed E-state index contributed by atoms with van der Waals surface area (Å²) in [6.07, 6.45) is 3.52. The Kier molecular flexibility index (Phi) is 4.16. The van der Waals surface area contributed by atoms with Crippen LogP contribution in [0.15, 0.2) is 4.52 Å². The van der Waals surface area contributed by atoms with E-state index < -0.39 is 0 Å². The standard InChI is InChI=1S/C12H18N2O2S2/c15-9-3-1-8(2-4-9)12-13-11(14-16-12)10-7-17-5-6-18-10/h8-10,15H,1-7H2. The first-order chi connectivity index (χ1) is 8.83. The second-order valence-electron chi connectivity index (χ2n) is 4.93. The van der Waals surface area contributed by atoms with Gasteiger partial charge in [-0.15, -0.1) is 11.8 Å². The van der Waals surface area contributed by atoms with Crippen molar-refractivity contribution in [1.29, 1.82) is 0 Å². The first kappa shape index (κ1) is 12.8. The molecule has 0 spiro atoms. The summed E-state index contributed by atoms with van der Waals surface area (Å²) in [6, 6.07) is 0. The molecule has 2 fully saturated rings. The lowest BCUT2D eigenvalue weighted by Crippen LogP contribution is -2.17. The Morgan fingerprint density at radius 1 is 1.17 bits per heavy atom. The Hall–Kier alpha value is -0.200. The minimum Gasteiger partial charge on any atom is -0.393 e. The molecule has 3 rings (SSSR count). The monoisotopic (exact) mass is 286 g/mol. The van der Waals surface area contributed by atoms with Gasteiger partial charge in [-0.3, -0.25) is 0 Å². The molecule has 0 radical (unpaired) electrons. The van der Waals surface area contributed by atoms with Crippen LogP contribution in [0, 0.1) is 0 Å². The van der Waals surface area contributed by atoms with Gasteiger partial charge in [-0.1, -0.05) is 5.16 Å². The van der Waals surface area contributed by atoms with E-state index in [-0.39, 0.29) is 6.10 Å². The average molecular weight is 286 g/mol. The fourth-order valence-electron chi connectivity index (χ4n) is 2.50. The summed E-state index contributed by atoms with van der Waals surface area (Å²) in [4.78, 5) is 4.59. The number of rotatable bonds is 2. The predicted molar refractivity (Wildman–Crippen MR) is 74.0 cm³/mol. The molecular weight excluding hydrogens is 268 g/mol. The fourth-order valence-corrected chi connectivity index (χ4v) is 5.09. The van der Waals surface area contributed by atoms with Crippen molar-refractivity contribution in [2.45, 2.75) is 43.0 Å². The molecule has 18 heavy (non-hydrogen) atoms. The van der Waals surface area contributed by atoms with E-state index in [0.717, 1.165) is 43.2 Å². The molecule has 0 bridgehead atoms. The topological polar surface area (TPSA) is 59.2 Å². The van der Waals surface area contributed by atoms with Crippen molar-refractivity contribution in [3.05, 3.63) is 11.7 Å². The van der Waals surface area contributed by atoms with Crippen molar-refractivity contribution in [3.8, 4) is 0 Å². The number of hydrogen-bond acceptors (Lipinski definition) is 6. The predicted octanol–water partition coefficient (Wildman–Crippen LogP) is 2.61. The highest BCUT2D eigenvalue weighted by molar-refractivity contribution is 8.06. The van der Waals surface area contributed by atoms with Crippen LogP contribution in [0.2, 0.25) is 0 Å². The van der Waals surface area contributed by atoms with Gasteiger partial charge in [-0.2, -0.15) is 16.7 Å². The van der Waals surface area contributed by atoms with Gasteiger partial charge in [0.15, 0.2) is 5.82 Å². The Balaban J connectivity index is 1.65. The third-order valence-electron chi connectivity index (χ3n) is 3.61. The molecule has 1 aromatic rings. The van der Waals surface area contributed by atoms with Gasteiger partial charge in [0.25, 0.3) is 0 Å². The average Bonchev–Trinajstić information content (AvgIpc) is 2.90. The van der Waals surface area contributed by atoms with Crippen molar-refractivity contribution in [2.24, 2.45) is 0 Å². The minimum atomic E-state index is -0.131. The van der Waals surface area contributed by atoms with Crippen molar-refractivity contribution >= 4 is 23.5 Å². The number of thioether (sulfide) groups is 2. The van der Waals surface area contributed by atoms with E-state index in [9.17, 15) is 5.11 Å². The van der Waals surface area contributed by atoms with Crippen molar-refractivity contribution in [3.63, 3.8) is 0 Å². The van der Waals surface area contributed by atoms with E-state index >= 15 is 0 Å². The molecule has 2 heterocycles. The summed E-state index contributed by atoms with van der Waals surface area (Å²) in [5.74, 6) is 5.51. The molecule has 1 aliphatic heterocycles. The molecule has 4 nitrogen and oxygen atoms in total. The second-order valence-corrected chi connectivity index (χ2v) is 7.39. The number of aliphatic hydroxyl groups is 1. The third-order valence-corrected chi connectivity index (χ3v) is 6.36. The summed E-state index contributed by atoms with van der Waals surface area (Å²) in [5, 5.41) is 14.1. The second kappa shape index (κ2) is 5.84. The third kappa shape index (κ3) is 2.86. The first-order valence-electron chi connectivity index (χ1n) is 6.54. The molecule has 100 valence electrons. The Morgan fingerprint density at radius 3 is 2.72 bits per heavy atom. The van der Waals surface area contributed by atoms with Crippen LogP contribution >= 0.6 is 23.5 Å². The van der Waals surface area contributed by atoms with Gasteiger partial charge in [0, 0.05) is 23.2 Å². The quantitative estimate of drug-likeness (QED) is 0.902. The number of hydrogen-bond donors (Lipinski definition) is 1. The SMILES string of the molecule is OC1CCC(c2nc(C3CSCCS3)no2)CC1. The lowest BCUT2D eigenvalue weighted by molar-refractivity contribution is 0.116. The van der Waals surface area contributed by atoms with Crippen LogP contribution < -0.4 is 0 Å². The van der Waals surface area contributed by atoms with E-state index in [0.29, 0.717) is 11.2 Å². The largest absolute Gasteiger partial charge is 0.393 e. The summed E-state index contributed by atoms with van der Waals surface area (Å²) < 4.78 is 5.43. The fraction of sp³-hybridized carbons (Fsp3) is 0.833. The highest BCUT2D eigenvalue weighted by Crippen LogP contribution is 2.37. The van der Waals surface area contributed by atoms with E-state index in [2.05, 4.69) is 10.1 Å². The number of aliphatic hydroxyl groups excluding tert-OH is 1. The summed E-state index contributed by atoms with van der Waals surface area (Å²) in [6.45, 7) is 0. The molecule has 0 aromatic carbocycles. The highest BCUT2D eigenvalue weighted by Gasteiger charge is 2.27. The van der Waals surface area contributed by atoms with Gasteiger partial charge < -0.3 is 9.63 Å². The van der Waals surface area contributed by atoms with Crippen molar-refractivity contribution < 1.29 is 9.63 Å². The summed E-state index contributed by atoms with van der Waals surface area (Å²) in [7, 11) is 0. The maximum atomic E-state index is 9.51. The Morgan fingerprint density at radius 2 is 2.00 bits per heavy atom. The summed E-state index contributed by atoms with van der Waals surface area (Å²) in [5.41, 5.74) is 0. The van der Waals surface area contributed by atoms with Crippen LogP contribution in [0.5, 0.6) is 0 Å². The molecule has 1 unspecified atom stereocenters. The number of nitrogens with zero attached hydrogens (tertiary/aromatic N) is 2. The molecule has 1 atom stereocenters. The number of aromatic nitrogens is 2. The molecule has 1 N–H and O–H groups in total. The normalized spacial score (nSPS) is 33.5. The van der Waals surface area contributed by atoms with Crippen LogP contribution in [0.4, 0.5) is 0 Å². The van der Waals surface area contributed by atoms with Crippen LogP contribution in [0.1, 0.15) is 48.6 Å². The van der Waals surface area contributed by atoms with Crippen LogP contribution in [-0.2, 0) is 0 Å². The highest BCUT2D eigenvalue weighted by atomic mass is 32.2. The minimum absolute atomic E-state index is 0.131. The molecule has 6 heteroatoms. The van der Waals surface area contributed by atoms with Gasteiger partial charge in [-0.25, -0.2) is 0 Å². The molecule has 1 aliphatic carbocycles. The van der Waals surface area contributed by atoms with E-state index in [1.807, 2.05) is 23.5 Å². The molecule has 1 aromatic heterocycles. The van der Waals surface area contributed by atoms with Crippen LogP contribution in [0.25, 0.3) is 0 Å². The smallest absolute Gasteiger partial charge is 0.229 e. The first-order valence-corrected chi connectivity index (χ1v) is 8.74. The van der Waals surface area contributed by atoms with E-state index in [1.165, 1.54) is 11.5 Å². The van der Waals surface area contributed by atoms with Gasteiger partial charge in [-0.05, 0) is 25.7 Å². The molecule has 2 aliphatic rings. The molecule has 0 amide bonds. The van der Waals surface area contributed by atoms with Gasteiger partial charge in [0.1, 0.15) is 0 Å². The van der Waals surface area contributed by atoms with Crippen LogP contribution in [-0.4, -0.2) is 38.6 Å².